The number of carbonyl (C=O) groups excluding carboxylic acids is 2. The van der Waals surface area contributed by atoms with E-state index in [-0.39, 0.29) is 11.4 Å². The number of pyridine rings is 1. The molecule has 2 heterocycles. The van der Waals surface area contributed by atoms with E-state index in [4.69, 9.17) is 4.74 Å². The summed E-state index contributed by atoms with van der Waals surface area (Å²) in [6.45, 7) is 1.76. The van der Waals surface area contributed by atoms with Gasteiger partial charge < -0.3 is 4.74 Å². The zero-order chi connectivity index (χ0) is 18.4. The van der Waals surface area contributed by atoms with Crippen LogP contribution in [0.1, 0.15) is 26.7 Å². The zero-order valence-corrected chi connectivity index (χ0v) is 13.8. The fourth-order valence-electron chi connectivity index (χ4n) is 1.97. The van der Waals surface area contributed by atoms with Gasteiger partial charge in [0.05, 0.1) is 11.9 Å². The molecule has 8 heteroatoms. The van der Waals surface area contributed by atoms with Crippen molar-refractivity contribution in [2.24, 2.45) is 0 Å². The van der Waals surface area contributed by atoms with Crippen molar-refractivity contribution < 1.29 is 14.3 Å². The molecule has 0 unspecified atom stereocenters. The van der Waals surface area contributed by atoms with Crippen LogP contribution in [0.4, 0.5) is 0 Å². The molecule has 2 amide bonds. The highest BCUT2D eigenvalue weighted by Gasteiger charge is 2.12. The van der Waals surface area contributed by atoms with Crippen LogP contribution in [0, 0.1) is 6.92 Å². The monoisotopic (exact) mass is 349 g/mol. The molecule has 0 saturated heterocycles. The molecule has 2 aromatic heterocycles. The number of benzene rings is 1. The molecule has 0 aliphatic rings. The van der Waals surface area contributed by atoms with Crippen molar-refractivity contribution in [3.8, 4) is 11.5 Å². The Bertz CT molecular complexity index is 914. The third-order valence-electron chi connectivity index (χ3n) is 3.25. The molecular weight excluding hydrogens is 334 g/mol. The summed E-state index contributed by atoms with van der Waals surface area (Å²) in [4.78, 5) is 36.0. The average Bonchev–Trinajstić information content (AvgIpc) is 2.67. The summed E-state index contributed by atoms with van der Waals surface area (Å²) in [5, 5.41) is 0. The third-order valence-corrected chi connectivity index (χ3v) is 3.25. The van der Waals surface area contributed by atoms with Crippen molar-refractivity contribution in [2.75, 3.05) is 0 Å². The second-order valence-corrected chi connectivity index (χ2v) is 5.24. The topological polar surface area (TPSA) is 106 Å². The summed E-state index contributed by atoms with van der Waals surface area (Å²) in [7, 11) is 0. The number of nitrogens with zero attached hydrogens (tertiary/aromatic N) is 3. The normalized spacial score (nSPS) is 10.0. The highest BCUT2D eigenvalue weighted by molar-refractivity contribution is 5.97. The largest absolute Gasteiger partial charge is 0.457 e. The van der Waals surface area contributed by atoms with Gasteiger partial charge >= 0.3 is 0 Å². The number of rotatable bonds is 4. The van der Waals surface area contributed by atoms with Crippen LogP contribution in [0.2, 0.25) is 0 Å². The molecule has 3 rings (SSSR count). The summed E-state index contributed by atoms with van der Waals surface area (Å²) >= 11 is 0. The second kappa shape index (κ2) is 7.84. The van der Waals surface area contributed by atoms with E-state index in [0.29, 0.717) is 17.2 Å². The maximum atomic E-state index is 12.2. The number of carbonyl (C=O) groups is 2. The smallest absolute Gasteiger partial charge is 0.289 e. The van der Waals surface area contributed by atoms with Crippen molar-refractivity contribution in [1.29, 1.82) is 0 Å². The molecule has 0 spiro atoms. The average molecular weight is 349 g/mol. The second-order valence-electron chi connectivity index (χ2n) is 5.24. The van der Waals surface area contributed by atoms with Crippen LogP contribution in [0.25, 0.3) is 0 Å². The summed E-state index contributed by atoms with van der Waals surface area (Å²) < 4.78 is 5.65. The zero-order valence-electron chi connectivity index (χ0n) is 13.8. The number of ether oxygens (including phenoxy) is 1. The Morgan fingerprint density at radius 2 is 1.58 bits per heavy atom. The van der Waals surface area contributed by atoms with Gasteiger partial charge in [0.25, 0.3) is 11.8 Å². The number of aromatic nitrogens is 3. The first-order chi connectivity index (χ1) is 12.6. The lowest BCUT2D eigenvalue weighted by Crippen LogP contribution is -2.42. The van der Waals surface area contributed by atoms with Gasteiger partial charge in [0.1, 0.15) is 22.9 Å². The highest BCUT2D eigenvalue weighted by Crippen LogP contribution is 2.20. The summed E-state index contributed by atoms with van der Waals surface area (Å²) in [5.74, 6) is -0.0807. The minimum atomic E-state index is -0.586. The van der Waals surface area contributed by atoms with Crippen molar-refractivity contribution >= 4 is 11.8 Å². The first-order valence-corrected chi connectivity index (χ1v) is 7.70. The predicted molar refractivity (Wildman–Crippen MR) is 92.5 cm³/mol. The van der Waals surface area contributed by atoms with Crippen molar-refractivity contribution in [3.05, 3.63) is 78.1 Å². The van der Waals surface area contributed by atoms with E-state index < -0.39 is 11.8 Å². The third kappa shape index (κ3) is 4.38. The fraction of sp³-hybridized carbons (Fsp3) is 0.0556. The standard InChI is InChI=1S/C18H15N5O3/c1-12-10-21-16(11-20-12)18(25)23-22-17(24)15-9-14(7-8-19-15)26-13-5-3-2-4-6-13/h2-11H,1H3,(H,22,24)(H,23,25). The first-order valence-electron chi connectivity index (χ1n) is 7.70. The molecule has 0 aliphatic heterocycles. The number of hydrogen-bond acceptors (Lipinski definition) is 6. The number of para-hydroxylation sites is 1. The molecular formula is C18H15N5O3. The van der Waals surface area contributed by atoms with Crippen LogP contribution in [0.15, 0.2) is 61.1 Å². The van der Waals surface area contributed by atoms with E-state index in [1.165, 1.54) is 24.7 Å². The van der Waals surface area contributed by atoms with Crippen LogP contribution in [-0.2, 0) is 0 Å². The lowest BCUT2D eigenvalue weighted by molar-refractivity contribution is 0.0841. The lowest BCUT2D eigenvalue weighted by atomic mass is 10.3. The van der Waals surface area contributed by atoms with E-state index >= 15 is 0 Å². The summed E-state index contributed by atoms with van der Waals surface area (Å²) in [5.41, 5.74) is 5.41. The van der Waals surface area contributed by atoms with Gasteiger partial charge in [-0.25, -0.2) is 4.98 Å². The quantitative estimate of drug-likeness (QED) is 0.698. The van der Waals surface area contributed by atoms with Gasteiger partial charge in [-0.3, -0.25) is 30.4 Å². The molecule has 0 fully saturated rings. The number of nitrogens with one attached hydrogen (secondary N) is 2. The van der Waals surface area contributed by atoms with Crippen LogP contribution in [0.5, 0.6) is 11.5 Å². The number of hydrogen-bond donors (Lipinski definition) is 2. The van der Waals surface area contributed by atoms with Crippen LogP contribution >= 0.6 is 0 Å². The van der Waals surface area contributed by atoms with E-state index in [1.807, 2.05) is 18.2 Å². The van der Waals surface area contributed by atoms with Crippen LogP contribution in [-0.4, -0.2) is 26.8 Å². The first kappa shape index (κ1) is 17.0. The molecule has 26 heavy (non-hydrogen) atoms. The van der Waals surface area contributed by atoms with Gasteiger partial charge in [0.2, 0.25) is 0 Å². The van der Waals surface area contributed by atoms with Gasteiger partial charge in [-0.2, -0.15) is 0 Å². The summed E-state index contributed by atoms with van der Waals surface area (Å²) in [6.07, 6.45) is 4.23. The Hall–Kier alpha value is -3.81. The molecule has 0 bridgehead atoms. The SMILES string of the molecule is Cc1cnc(C(=O)NNC(=O)c2cc(Oc3ccccc3)ccn2)cn1. The number of aryl methyl sites for hydroxylation is 1. The molecule has 0 radical (unpaired) electrons. The molecule has 0 saturated carbocycles. The maximum Gasteiger partial charge on any atom is 0.289 e. The Morgan fingerprint density at radius 1 is 0.846 bits per heavy atom. The van der Waals surface area contributed by atoms with E-state index in [0.717, 1.165) is 0 Å². The number of amides is 2. The maximum absolute atomic E-state index is 12.2. The molecule has 3 aromatic rings. The molecule has 1 aromatic carbocycles. The van der Waals surface area contributed by atoms with Crippen molar-refractivity contribution in [2.45, 2.75) is 6.92 Å². The van der Waals surface area contributed by atoms with Crippen molar-refractivity contribution in [3.63, 3.8) is 0 Å². The predicted octanol–water partition coefficient (Wildman–Crippen LogP) is 2.05. The molecule has 0 atom stereocenters. The Kier molecular flexibility index (Phi) is 5.14. The Morgan fingerprint density at radius 3 is 2.27 bits per heavy atom. The van der Waals surface area contributed by atoms with E-state index in [9.17, 15) is 9.59 Å². The van der Waals surface area contributed by atoms with Crippen LogP contribution in [0.3, 0.4) is 0 Å². The Labute approximate surface area is 149 Å². The Balaban J connectivity index is 1.62. The van der Waals surface area contributed by atoms with Gasteiger partial charge in [-0.1, -0.05) is 18.2 Å². The van der Waals surface area contributed by atoms with Gasteiger partial charge in [0, 0.05) is 18.5 Å². The molecule has 130 valence electrons. The summed E-state index contributed by atoms with van der Waals surface area (Å²) in [6, 6.07) is 12.2. The van der Waals surface area contributed by atoms with E-state index in [2.05, 4.69) is 25.8 Å². The molecule has 0 aliphatic carbocycles. The van der Waals surface area contributed by atoms with Gasteiger partial charge in [-0.05, 0) is 25.1 Å². The highest BCUT2D eigenvalue weighted by atomic mass is 16.5. The minimum Gasteiger partial charge on any atom is -0.457 e. The van der Waals surface area contributed by atoms with Crippen molar-refractivity contribution in [1.82, 2.24) is 25.8 Å². The van der Waals surface area contributed by atoms with Gasteiger partial charge in [0.15, 0.2) is 0 Å². The number of hydrazine groups is 1. The van der Waals surface area contributed by atoms with Gasteiger partial charge in [-0.15, -0.1) is 0 Å². The molecule has 8 nitrogen and oxygen atoms in total. The fourth-order valence-corrected chi connectivity index (χ4v) is 1.97. The van der Waals surface area contributed by atoms with E-state index in [1.54, 1.807) is 25.1 Å². The minimum absolute atomic E-state index is 0.0880. The van der Waals surface area contributed by atoms with Crippen LogP contribution < -0.4 is 15.6 Å². The molecule has 2 N–H and O–H groups in total. The lowest BCUT2D eigenvalue weighted by Gasteiger charge is -2.08.